The van der Waals surface area contributed by atoms with Crippen molar-refractivity contribution in [1.29, 1.82) is 0 Å². The number of hydrogen-bond acceptors (Lipinski definition) is 3. The van der Waals surface area contributed by atoms with E-state index in [9.17, 15) is 10.0 Å². The van der Waals surface area contributed by atoms with E-state index < -0.39 is 14.8 Å². The molecule has 0 aliphatic carbocycles. The summed E-state index contributed by atoms with van der Waals surface area (Å²) in [5.41, 5.74) is 0. The normalized spacial score (nSPS) is 11.2. The van der Waals surface area contributed by atoms with Gasteiger partial charge >= 0.3 is 7.32 Å². The lowest BCUT2D eigenvalue weighted by atomic mass is 10.3. The molecule has 5 heteroatoms. The topological polar surface area (TPSA) is 49.7 Å². The first-order valence-corrected chi connectivity index (χ1v) is 9.04. The van der Waals surface area contributed by atoms with Gasteiger partial charge in [-0.05, 0) is 36.4 Å². The molecular formula is C18H17BO3P+. The molecule has 0 saturated heterocycles. The van der Waals surface area contributed by atoms with Gasteiger partial charge in [-0.2, -0.15) is 0 Å². The van der Waals surface area contributed by atoms with Crippen molar-refractivity contribution in [3.05, 3.63) is 91.0 Å². The molecule has 0 aliphatic rings. The molecule has 3 aromatic carbocycles. The largest absolute Gasteiger partial charge is 0.671 e. The third-order valence-corrected chi connectivity index (χ3v) is 7.19. The third kappa shape index (κ3) is 3.21. The highest BCUT2D eigenvalue weighted by atomic mass is 31.2. The summed E-state index contributed by atoms with van der Waals surface area (Å²) in [4.78, 5) is 0. The molecule has 0 bridgehead atoms. The fraction of sp³-hybridized carbons (Fsp3) is 0. The highest BCUT2D eigenvalue weighted by Crippen LogP contribution is 2.56. The van der Waals surface area contributed by atoms with Gasteiger partial charge in [0.1, 0.15) is 15.9 Å². The van der Waals surface area contributed by atoms with Crippen LogP contribution in [-0.4, -0.2) is 17.4 Å². The second-order valence-electron chi connectivity index (χ2n) is 5.05. The number of benzene rings is 3. The molecule has 0 saturated carbocycles. The van der Waals surface area contributed by atoms with E-state index >= 15 is 0 Å². The van der Waals surface area contributed by atoms with Gasteiger partial charge in [-0.1, -0.05) is 54.6 Å². The predicted molar refractivity (Wildman–Crippen MR) is 96.4 cm³/mol. The zero-order valence-corrected chi connectivity index (χ0v) is 13.4. The molecule has 3 rings (SSSR count). The smallest absolute Gasteiger partial charge is 0.400 e. The van der Waals surface area contributed by atoms with Crippen LogP contribution in [0.3, 0.4) is 0 Å². The average molecular weight is 323 g/mol. The van der Waals surface area contributed by atoms with Crippen LogP contribution in [0.1, 0.15) is 0 Å². The van der Waals surface area contributed by atoms with E-state index in [1.165, 1.54) is 0 Å². The molecule has 0 aliphatic heterocycles. The molecule has 3 nitrogen and oxygen atoms in total. The molecular weight excluding hydrogens is 306 g/mol. The van der Waals surface area contributed by atoms with Crippen molar-refractivity contribution in [1.82, 2.24) is 0 Å². The van der Waals surface area contributed by atoms with E-state index in [1.807, 2.05) is 91.0 Å². The van der Waals surface area contributed by atoms with Crippen molar-refractivity contribution in [3.63, 3.8) is 0 Å². The van der Waals surface area contributed by atoms with Crippen molar-refractivity contribution in [2.45, 2.75) is 0 Å². The standard InChI is InChI=1S/C18H17BO3P/c20-19(21)22-23(16-10-4-1-5-11-16,17-12-6-2-7-13-17)18-14-8-3-9-15-18/h1-15,20-21H/q+1. The molecule has 0 aromatic heterocycles. The van der Waals surface area contributed by atoms with Crippen LogP contribution in [0.15, 0.2) is 91.0 Å². The van der Waals surface area contributed by atoms with Crippen molar-refractivity contribution in [3.8, 4) is 0 Å². The minimum Gasteiger partial charge on any atom is -0.400 e. The molecule has 114 valence electrons. The Balaban J connectivity index is 2.30. The van der Waals surface area contributed by atoms with Gasteiger partial charge in [-0.25, -0.2) is 4.44 Å². The summed E-state index contributed by atoms with van der Waals surface area (Å²) in [7, 11) is -4.47. The van der Waals surface area contributed by atoms with E-state index in [-0.39, 0.29) is 0 Å². The van der Waals surface area contributed by atoms with E-state index in [4.69, 9.17) is 4.44 Å². The molecule has 0 fully saturated rings. The van der Waals surface area contributed by atoms with Gasteiger partial charge in [0.25, 0.3) is 0 Å². The van der Waals surface area contributed by atoms with Gasteiger partial charge in [-0.3, -0.25) is 0 Å². The van der Waals surface area contributed by atoms with Crippen LogP contribution in [0.2, 0.25) is 0 Å². The van der Waals surface area contributed by atoms with Crippen LogP contribution >= 0.6 is 7.49 Å². The zero-order valence-electron chi connectivity index (χ0n) is 12.5. The Hall–Kier alpha value is -1.97. The molecule has 3 aromatic rings. The summed E-state index contributed by atoms with van der Waals surface area (Å²) in [6.45, 7) is 0. The van der Waals surface area contributed by atoms with E-state index in [2.05, 4.69) is 0 Å². The fourth-order valence-corrected chi connectivity index (χ4v) is 6.00. The number of hydrogen-bond donors (Lipinski definition) is 2. The summed E-state index contributed by atoms with van der Waals surface area (Å²) >= 11 is 0. The Morgan fingerprint density at radius 1 is 0.565 bits per heavy atom. The Morgan fingerprint density at radius 2 is 0.870 bits per heavy atom. The summed E-state index contributed by atoms with van der Waals surface area (Å²) in [6.07, 6.45) is 0. The highest BCUT2D eigenvalue weighted by molar-refractivity contribution is 7.92. The first kappa shape index (κ1) is 15.9. The maximum atomic E-state index is 9.63. The molecule has 0 amide bonds. The molecule has 2 N–H and O–H groups in total. The van der Waals surface area contributed by atoms with Crippen molar-refractivity contribution >= 4 is 30.7 Å². The van der Waals surface area contributed by atoms with Crippen LogP contribution < -0.4 is 15.9 Å². The van der Waals surface area contributed by atoms with E-state index in [0.29, 0.717) is 0 Å². The summed E-state index contributed by atoms with van der Waals surface area (Å²) < 4.78 is 5.82. The second kappa shape index (κ2) is 7.07. The van der Waals surface area contributed by atoms with Crippen LogP contribution in [0.4, 0.5) is 0 Å². The third-order valence-electron chi connectivity index (χ3n) is 3.61. The fourth-order valence-electron chi connectivity index (χ4n) is 2.68. The van der Waals surface area contributed by atoms with Gasteiger partial charge in [0.15, 0.2) is 0 Å². The lowest BCUT2D eigenvalue weighted by Gasteiger charge is -2.25. The van der Waals surface area contributed by atoms with Crippen molar-refractivity contribution < 1.29 is 14.5 Å². The van der Waals surface area contributed by atoms with Gasteiger partial charge in [0.2, 0.25) is 7.49 Å². The SMILES string of the molecule is OB(O)O[P+](c1ccccc1)(c1ccccc1)c1ccccc1. The van der Waals surface area contributed by atoms with Crippen molar-refractivity contribution in [2.24, 2.45) is 0 Å². The minimum absolute atomic E-state index is 0.936. The Bertz CT molecular complexity index is 639. The van der Waals surface area contributed by atoms with Crippen LogP contribution in [0.5, 0.6) is 0 Å². The Labute approximate surface area is 136 Å². The molecule has 0 atom stereocenters. The Morgan fingerprint density at radius 3 is 1.13 bits per heavy atom. The summed E-state index contributed by atoms with van der Waals surface area (Å²) in [6, 6.07) is 29.2. The molecule has 0 heterocycles. The van der Waals surface area contributed by atoms with Crippen LogP contribution in [0, 0.1) is 0 Å². The van der Waals surface area contributed by atoms with Crippen LogP contribution in [-0.2, 0) is 4.44 Å². The maximum absolute atomic E-state index is 9.63. The molecule has 0 unspecified atom stereocenters. The summed E-state index contributed by atoms with van der Waals surface area (Å²) in [5.74, 6) is 0. The Kier molecular flexibility index (Phi) is 4.89. The second-order valence-corrected chi connectivity index (χ2v) is 8.03. The van der Waals surface area contributed by atoms with Gasteiger partial charge in [0.05, 0.1) is 0 Å². The lowest BCUT2D eigenvalue weighted by Crippen LogP contribution is -2.37. The van der Waals surface area contributed by atoms with Gasteiger partial charge < -0.3 is 10.0 Å². The van der Waals surface area contributed by atoms with Gasteiger partial charge in [-0.15, -0.1) is 0 Å². The minimum atomic E-state index is -2.61. The first-order chi connectivity index (χ1) is 11.2. The van der Waals surface area contributed by atoms with Gasteiger partial charge in [0, 0.05) is 0 Å². The lowest BCUT2D eigenvalue weighted by molar-refractivity contribution is 0.301. The zero-order chi connectivity index (χ0) is 16.1. The highest BCUT2D eigenvalue weighted by Gasteiger charge is 2.50. The molecule has 0 spiro atoms. The average Bonchev–Trinajstić information content (AvgIpc) is 2.62. The monoisotopic (exact) mass is 323 g/mol. The van der Waals surface area contributed by atoms with Crippen molar-refractivity contribution in [2.75, 3.05) is 0 Å². The van der Waals surface area contributed by atoms with E-state index in [1.54, 1.807) is 0 Å². The number of rotatable bonds is 5. The summed E-state index contributed by atoms with van der Waals surface area (Å²) in [5, 5.41) is 22.1. The van der Waals surface area contributed by atoms with E-state index in [0.717, 1.165) is 15.9 Å². The first-order valence-electron chi connectivity index (χ1n) is 7.34. The quantitative estimate of drug-likeness (QED) is 0.557. The predicted octanol–water partition coefficient (Wildman–Crippen LogP) is 1.88. The molecule has 23 heavy (non-hydrogen) atoms. The molecule has 0 radical (unpaired) electrons. The van der Waals surface area contributed by atoms with Crippen LogP contribution in [0.25, 0.3) is 0 Å². The maximum Gasteiger partial charge on any atom is 0.671 e.